The summed E-state index contributed by atoms with van der Waals surface area (Å²) in [5.74, 6) is 0.492. The van der Waals surface area contributed by atoms with Gasteiger partial charge in [-0.05, 0) is 125 Å². The number of carbonyl (C=O) groups excluding carboxylic acids is 1. The maximum atomic E-state index is 13.7. The Bertz CT molecular complexity index is 1820. The standard InChI is InChI=1S/C42H59ClN4O5S/c1-28(2)47-20-19-45(23-30(47)4)26-42(51-6)18-7-9-29(3)31(5)53(49,50)44-40(48)33-12-16-39-38(22-33)46(24-34-11-14-37(34)42)25-41(27-52-39)17-8-10-32-21-35(43)13-15-36(32)41/h7,12-13,15-16,18,21-22,28-31,34,37H,8-11,14,17,19-20,23-27H2,1-6H3,(H,44,48)/b18-7-/t29-,30-,31+,34-,37+,41-,42-/m0/s1. The summed E-state index contributed by atoms with van der Waals surface area (Å²) in [6.07, 6.45) is 10.1. The number of methoxy groups -OCH3 is 1. The number of amides is 1. The van der Waals surface area contributed by atoms with Gasteiger partial charge >= 0.3 is 0 Å². The molecule has 1 saturated carbocycles. The molecule has 53 heavy (non-hydrogen) atoms. The minimum atomic E-state index is -3.95. The third-order valence-corrected chi connectivity index (χ3v) is 15.7. The number of rotatable bonds is 4. The minimum absolute atomic E-state index is 0.216. The molecule has 2 aromatic carbocycles. The lowest BCUT2D eigenvalue weighted by atomic mass is 9.63. The van der Waals surface area contributed by atoms with Gasteiger partial charge in [-0.1, -0.05) is 36.7 Å². The van der Waals surface area contributed by atoms with Crippen LogP contribution in [0.15, 0.2) is 48.6 Å². The molecule has 5 aliphatic rings. The zero-order valence-corrected chi connectivity index (χ0v) is 34.0. The van der Waals surface area contributed by atoms with Gasteiger partial charge in [0.05, 0.1) is 17.5 Å². The van der Waals surface area contributed by atoms with E-state index in [2.05, 4.69) is 64.5 Å². The number of nitrogens with zero attached hydrogens (tertiary/aromatic N) is 3. The molecule has 290 valence electrons. The van der Waals surface area contributed by atoms with E-state index in [0.717, 1.165) is 87.8 Å². The number of halogens is 1. The van der Waals surface area contributed by atoms with E-state index >= 15 is 0 Å². The minimum Gasteiger partial charge on any atom is -0.490 e. The Morgan fingerprint density at radius 2 is 1.89 bits per heavy atom. The fourth-order valence-corrected chi connectivity index (χ4v) is 11.6. The summed E-state index contributed by atoms with van der Waals surface area (Å²) in [7, 11) is -2.09. The molecule has 9 nitrogen and oxygen atoms in total. The van der Waals surface area contributed by atoms with Crippen LogP contribution in [-0.4, -0.2) is 100 Å². The van der Waals surface area contributed by atoms with Crippen molar-refractivity contribution in [2.24, 2.45) is 17.8 Å². The molecule has 7 atom stereocenters. The van der Waals surface area contributed by atoms with Crippen LogP contribution in [0.4, 0.5) is 5.69 Å². The SMILES string of the molecule is CO[C@]1(CN2CCN(C(C)C)[C@@H](C)C2)/C=C\C[C@H](C)[C@@H](C)S(=O)(=O)NC(=O)c2ccc3c(c2)N(C[C@@H]2CC[C@H]21)C[C@@]1(CCCc2cc(Cl)ccc21)CO3. The van der Waals surface area contributed by atoms with Crippen molar-refractivity contribution in [1.82, 2.24) is 14.5 Å². The van der Waals surface area contributed by atoms with E-state index in [9.17, 15) is 13.2 Å². The normalized spacial score (nSPS) is 34.3. The number of anilines is 1. The Morgan fingerprint density at radius 3 is 2.60 bits per heavy atom. The van der Waals surface area contributed by atoms with E-state index in [0.29, 0.717) is 36.6 Å². The van der Waals surface area contributed by atoms with Crippen LogP contribution in [-0.2, 0) is 26.6 Å². The molecule has 2 bridgehead atoms. The first kappa shape index (κ1) is 38.6. The zero-order chi connectivity index (χ0) is 37.7. The summed E-state index contributed by atoms with van der Waals surface area (Å²) in [4.78, 5) is 21.3. The van der Waals surface area contributed by atoms with Crippen LogP contribution in [0.2, 0.25) is 5.02 Å². The fraction of sp³-hybridized carbons (Fsp3) is 0.643. The molecule has 0 aromatic heterocycles. The first-order valence-corrected chi connectivity index (χ1v) is 21.7. The predicted octanol–water partition coefficient (Wildman–Crippen LogP) is 6.68. The molecule has 1 saturated heterocycles. The summed E-state index contributed by atoms with van der Waals surface area (Å²) in [6, 6.07) is 12.6. The van der Waals surface area contributed by atoms with E-state index in [1.54, 1.807) is 13.0 Å². The maximum absolute atomic E-state index is 13.7. The fourth-order valence-electron chi connectivity index (χ4n) is 10.1. The Morgan fingerprint density at radius 1 is 1.08 bits per heavy atom. The van der Waals surface area contributed by atoms with Gasteiger partial charge in [0, 0.05) is 74.5 Å². The molecule has 2 aliphatic carbocycles. The smallest absolute Gasteiger partial charge is 0.264 e. The van der Waals surface area contributed by atoms with Crippen molar-refractivity contribution in [3.8, 4) is 5.75 Å². The molecule has 0 unspecified atom stereocenters. The lowest BCUT2D eigenvalue weighted by Gasteiger charge is -2.53. The van der Waals surface area contributed by atoms with Crippen LogP contribution in [0.3, 0.4) is 0 Å². The van der Waals surface area contributed by atoms with Gasteiger partial charge in [-0.2, -0.15) is 0 Å². The van der Waals surface area contributed by atoms with Crippen LogP contribution in [0.1, 0.15) is 88.2 Å². The lowest BCUT2D eigenvalue weighted by molar-refractivity contribution is -0.0992. The molecule has 1 N–H and O–H groups in total. The third-order valence-electron chi connectivity index (χ3n) is 13.5. The van der Waals surface area contributed by atoms with Crippen LogP contribution in [0.25, 0.3) is 0 Å². The Hall–Kier alpha value is -2.63. The van der Waals surface area contributed by atoms with Gasteiger partial charge in [0.15, 0.2) is 0 Å². The molecular formula is C42H59ClN4O5S. The molecule has 1 amide bonds. The second-order valence-corrected chi connectivity index (χ2v) is 19.6. The van der Waals surface area contributed by atoms with Crippen molar-refractivity contribution >= 4 is 33.2 Å². The van der Waals surface area contributed by atoms with E-state index in [4.69, 9.17) is 21.1 Å². The first-order chi connectivity index (χ1) is 25.2. The van der Waals surface area contributed by atoms with Crippen LogP contribution >= 0.6 is 11.6 Å². The number of carbonyl (C=O) groups is 1. The van der Waals surface area contributed by atoms with Crippen LogP contribution in [0.5, 0.6) is 5.75 Å². The number of piperazine rings is 1. The van der Waals surface area contributed by atoms with Gasteiger partial charge in [0.1, 0.15) is 11.4 Å². The highest BCUT2D eigenvalue weighted by Crippen LogP contribution is 2.49. The van der Waals surface area contributed by atoms with E-state index in [-0.39, 0.29) is 17.3 Å². The molecule has 3 heterocycles. The topological polar surface area (TPSA) is 91.4 Å². The van der Waals surface area contributed by atoms with Crippen molar-refractivity contribution in [3.05, 3.63) is 70.3 Å². The van der Waals surface area contributed by atoms with Crippen LogP contribution < -0.4 is 14.4 Å². The number of fused-ring (bicyclic) bond motifs is 4. The molecular weight excluding hydrogens is 708 g/mol. The van der Waals surface area contributed by atoms with Gasteiger partial charge in [-0.15, -0.1) is 0 Å². The Balaban J connectivity index is 1.29. The number of hydrogen-bond acceptors (Lipinski definition) is 8. The molecule has 11 heteroatoms. The average Bonchev–Trinajstić information content (AvgIpc) is 3.25. The highest BCUT2D eigenvalue weighted by Gasteiger charge is 2.50. The summed E-state index contributed by atoms with van der Waals surface area (Å²) >= 11 is 6.51. The number of benzene rings is 2. The summed E-state index contributed by atoms with van der Waals surface area (Å²) in [5.41, 5.74) is 2.91. The number of sulfonamides is 1. The number of allylic oxidation sites excluding steroid dienone is 1. The Labute approximate surface area is 322 Å². The van der Waals surface area contributed by atoms with Gasteiger partial charge in [-0.25, -0.2) is 13.1 Å². The van der Waals surface area contributed by atoms with Gasteiger partial charge in [0.2, 0.25) is 10.0 Å². The molecule has 7 rings (SSSR count). The van der Waals surface area contributed by atoms with Gasteiger partial charge in [0.25, 0.3) is 5.91 Å². The van der Waals surface area contributed by atoms with Gasteiger partial charge in [-0.3, -0.25) is 14.6 Å². The van der Waals surface area contributed by atoms with Crippen molar-refractivity contribution in [2.75, 3.05) is 57.9 Å². The van der Waals surface area contributed by atoms with E-state index in [1.165, 1.54) is 11.1 Å². The van der Waals surface area contributed by atoms with Crippen LogP contribution in [0, 0.1) is 17.8 Å². The van der Waals surface area contributed by atoms with E-state index in [1.807, 2.05) is 32.2 Å². The maximum Gasteiger partial charge on any atom is 0.264 e. The van der Waals surface area contributed by atoms with E-state index < -0.39 is 26.8 Å². The number of hydrogen-bond donors (Lipinski definition) is 1. The molecule has 2 aromatic rings. The second kappa shape index (κ2) is 15.1. The molecule has 2 fully saturated rings. The highest BCUT2D eigenvalue weighted by atomic mass is 35.5. The van der Waals surface area contributed by atoms with Crippen molar-refractivity contribution in [1.29, 1.82) is 0 Å². The Kier molecular flexibility index (Phi) is 11.0. The summed E-state index contributed by atoms with van der Waals surface area (Å²) in [6.45, 7) is 16.3. The summed E-state index contributed by atoms with van der Waals surface area (Å²) in [5, 5.41) is -0.0259. The first-order valence-electron chi connectivity index (χ1n) is 19.8. The monoisotopic (exact) mass is 766 g/mol. The quantitative estimate of drug-likeness (QED) is 0.345. The zero-order valence-electron chi connectivity index (χ0n) is 32.4. The van der Waals surface area contributed by atoms with Crippen molar-refractivity contribution in [3.63, 3.8) is 0 Å². The predicted molar refractivity (Wildman–Crippen MR) is 213 cm³/mol. The number of aryl methyl sites for hydroxylation is 1. The second-order valence-electron chi connectivity index (χ2n) is 17.1. The average molecular weight is 767 g/mol. The summed E-state index contributed by atoms with van der Waals surface area (Å²) < 4.78 is 43.1. The molecule has 1 spiro atoms. The third kappa shape index (κ3) is 7.52. The number of ether oxygens (including phenoxy) is 2. The molecule has 0 radical (unpaired) electrons. The number of nitrogens with one attached hydrogen (secondary N) is 1. The highest BCUT2D eigenvalue weighted by molar-refractivity contribution is 7.90. The largest absolute Gasteiger partial charge is 0.490 e. The van der Waals surface area contributed by atoms with Crippen molar-refractivity contribution < 1.29 is 22.7 Å². The van der Waals surface area contributed by atoms with Gasteiger partial charge < -0.3 is 14.4 Å². The lowest BCUT2D eigenvalue weighted by Crippen LogP contribution is -2.61. The van der Waals surface area contributed by atoms with Crippen molar-refractivity contribution in [2.45, 2.75) is 101 Å². The molecule has 3 aliphatic heterocycles.